The van der Waals surface area contributed by atoms with Crippen LogP contribution in [-0.2, 0) is 9.53 Å². The summed E-state index contributed by atoms with van der Waals surface area (Å²) in [4.78, 5) is 11.5. The second kappa shape index (κ2) is 13.7. The molecule has 0 bridgehead atoms. The van der Waals surface area contributed by atoms with Gasteiger partial charge in [-0.2, -0.15) is 0 Å². The van der Waals surface area contributed by atoms with Crippen molar-refractivity contribution in [3.63, 3.8) is 0 Å². The van der Waals surface area contributed by atoms with E-state index in [1.165, 1.54) is 0 Å². The van der Waals surface area contributed by atoms with Gasteiger partial charge in [0, 0.05) is 7.79 Å². The average Bonchev–Trinajstić information content (AvgIpc) is 2.59. The van der Waals surface area contributed by atoms with Crippen LogP contribution in [0.15, 0.2) is 0 Å². The predicted molar refractivity (Wildman–Crippen MR) is 84.7 cm³/mol. The van der Waals surface area contributed by atoms with E-state index in [2.05, 4.69) is 0 Å². The molecule has 0 saturated heterocycles. The third kappa shape index (κ3) is 10.6. The maximum atomic E-state index is 11.5. The molecule has 138 valence electrons. The summed E-state index contributed by atoms with van der Waals surface area (Å²) in [5, 5.41) is 46.4. The lowest BCUT2D eigenvalue weighted by Crippen LogP contribution is -2.47. The summed E-state index contributed by atoms with van der Waals surface area (Å²) in [5.74, 6) is -0.493. The van der Waals surface area contributed by atoms with E-state index in [9.17, 15) is 20.1 Å². The van der Waals surface area contributed by atoms with Crippen LogP contribution < -0.4 is 0 Å². The Balaban J connectivity index is 3.70. The van der Waals surface area contributed by atoms with Crippen molar-refractivity contribution in [3.8, 4) is 0 Å². The lowest BCUT2D eigenvalue weighted by atomic mass is 10.0. The van der Waals surface area contributed by atoms with Crippen LogP contribution in [0.3, 0.4) is 0 Å². The van der Waals surface area contributed by atoms with E-state index in [1.54, 1.807) is 0 Å². The summed E-state index contributed by atoms with van der Waals surface area (Å²) in [5.41, 5.74) is 0. The van der Waals surface area contributed by atoms with Gasteiger partial charge in [-0.15, -0.1) is 0 Å². The summed E-state index contributed by atoms with van der Waals surface area (Å²) < 4.78 is 11.8. The van der Waals surface area contributed by atoms with Crippen molar-refractivity contribution in [2.24, 2.45) is 0 Å². The fourth-order valence-corrected chi connectivity index (χ4v) is 2.07. The van der Waals surface area contributed by atoms with Gasteiger partial charge in [0.05, 0.1) is 6.61 Å². The molecular weight excluding hydrogens is 304 g/mol. The molecule has 0 saturated carbocycles. The molecule has 5 N–H and O–H groups in total. The van der Waals surface area contributed by atoms with Gasteiger partial charge in [-0.1, -0.05) is 45.4 Å². The number of carbonyl (C=O) groups is 1. The van der Waals surface area contributed by atoms with Crippen LogP contribution in [0.2, 0.25) is 0 Å². The quantitative estimate of drug-likeness (QED) is 0.225. The molecule has 23 heavy (non-hydrogen) atoms. The first kappa shape index (κ1) is 20.3. The molecular formula is C16H32O7. The maximum absolute atomic E-state index is 11.5. The van der Waals surface area contributed by atoms with Gasteiger partial charge in [-0.25, -0.2) is 0 Å². The number of hydrogen-bond donors (Lipinski definition) is 5. The Morgan fingerprint density at radius 1 is 0.957 bits per heavy atom. The number of rotatable bonds is 14. The van der Waals surface area contributed by atoms with Gasteiger partial charge in [-0.3, -0.25) is 4.79 Å². The molecule has 0 aliphatic rings. The number of aliphatic hydroxyl groups is 5. The molecule has 7 nitrogen and oxygen atoms in total. The van der Waals surface area contributed by atoms with E-state index in [4.69, 9.17) is 16.3 Å². The third-order valence-corrected chi connectivity index (χ3v) is 3.62. The van der Waals surface area contributed by atoms with Crippen molar-refractivity contribution in [2.45, 2.75) is 82.7 Å². The molecule has 0 fully saturated rings. The first-order valence-electron chi connectivity index (χ1n) is 8.92. The highest BCUT2D eigenvalue weighted by atomic mass is 16.5. The summed E-state index contributed by atoms with van der Waals surface area (Å²) in [6.07, 6.45) is 0.476. The predicted octanol–water partition coefficient (Wildman–Crippen LogP) is 0.106. The number of ether oxygens (including phenoxy) is 1. The van der Waals surface area contributed by atoms with Gasteiger partial charge in [0.2, 0.25) is 0 Å². The van der Waals surface area contributed by atoms with E-state index in [0.29, 0.717) is 13.3 Å². The van der Waals surface area contributed by atoms with Crippen molar-refractivity contribution in [1.29, 1.82) is 0 Å². The van der Waals surface area contributed by atoms with Crippen LogP contribution in [0.4, 0.5) is 0 Å². The summed E-state index contributed by atoms with van der Waals surface area (Å²) in [6, 6.07) is 0. The van der Waals surface area contributed by atoms with Crippen LogP contribution in [0.5, 0.6) is 0 Å². The van der Waals surface area contributed by atoms with Crippen molar-refractivity contribution in [3.05, 3.63) is 0 Å². The SMILES string of the molecule is [2H]CCCCCCCCCC(=O)OC[C@@H](O)[C@@H](O)[C@H](O)[C@@H](O)CO. The summed E-state index contributed by atoms with van der Waals surface area (Å²) in [6.45, 7) is -0.765. The van der Waals surface area contributed by atoms with Crippen LogP contribution in [0, 0.1) is 0 Å². The van der Waals surface area contributed by atoms with Gasteiger partial charge in [0.1, 0.15) is 31.0 Å². The van der Waals surface area contributed by atoms with Crippen LogP contribution in [-0.4, -0.2) is 69.1 Å². The lowest BCUT2D eigenvalue weighted by Gasteiger charge is -2.25. The van der Waals surface area contributed by atoms with E-state index in [0.717, 1.165) is 38.5 Å². The van der Waals surface area contributed by atoms with Crippen molar-refractivity contribution >= 4 is 5.97 Å². The van der Waals surface area contributed by atoms with Crippen molar-refractivity contribution in [2.75, 3.05) is 13.2 Å². The average molecular weight is 337 g/mol. The molecule has 0 rings (SSSR count). The monoisotopic (exact) mass is 337 g/mol. The van der Waals surface area contributed by atoms with E-state index < -0.39 is 43.6 Å². The first-order chi connectivity index (χ1) is 11.4. The topological polar surface area (TPSA) is 127 Å². The van der Waals surface area contributed by atoms with Gasteiger partial charge < -0.3 is 30.3 Å². The Bertz CT molecular complexity index is 317. The van der Waals surface area contributed by atoms with Gasteiger partial charge >= 0.3 is 5.97 Å². The molecule has 7 heteroatoms. The summed E-state index contributed by atoms with van der Waals surface area (Å²) >= 11 is 0. The maximum Gasteiger partial charge on any atom is 0.305 e. The Hall–Kier alpha value is -0.730. The third-order valence-electron chi connectivity index (χ3n) is 3.62. The number of esters is 1. The number of unbranched alkanes of at least 4 members (excludes halogenated alkanes) is 6. The Morgan fingerprint density at radius 3 is 2.13 bits per heavy atom. The molecule has 0 aromatic rings. The minimum atomic E-state index is -1.72. The van der Waals surface area contributed by atoms with E-state index >= 15 is 0 Å². The highest BCUT2D eigenvalue weighted by molar-refractivity contribution is 5.69. The van der Waals surface area contributed by atoms with Crippen LogP contribution in [0.1, 0.15) is 59.6 Å². The molecule has 0 aromatic heterocycles. The zero-order chi connectivity index (χ0) is 18.4. The van der Waals surface area contributed by atoms with E-state index in [-0.39, 0.29) is 6.42 Å². The molecule has 0 aromatic carbocycles. The van der Waals surface area contributed by atoms with Crippen LogP contribution in [0.25, 0.3) is 0 Å². The largest absolute Gasteiger partial charge is 0.463 e. The first-order valence-corrected chi connectivity index (χ1v) is 8.22. The van der Waals surface area contributed by atoms with Crippen molar-refractivity contribution in [1.82, 2.24) is 0 Å². The van der Waals surface area contributed by atoms with E-state index in [1.807, 2.05) is 0 Å². The molecule has 0 radical (unpaired) electrons. The number of aliphatic hydroxyl groups excluding tert-OH is 5. The van der Waals surface area contributed by atoms with Crippen LogP contribution >= 0.6 is 0 Å². The highest BCUT2D eigenvalue weighted by Crippen LogP contribution is 2.10. The molecule has 0 aliphatic carbocycles. The Labute approximate surface area is 139 Å². The minimum Gasteiger partial charge on any atom is -0.463 e. The standard InChI is InChI=1S/C16H32O7/c1-2-3-4-5-6-7-8-9-14(20)23-11-13(19)16(22)15(21)12(18)10-17/h12-13,15-19,21-22H,2-11H2,1H3/t12-,13+,15+,16+/m0/s1/i1D. The number of hydrogen-bond acceptors (Lipinski definition) is 7. The Kier molecular flexibility index (Phi) is 12.1. The second-order valence-corrected chi connectivity index (χ2v) is 5.71. The fraction of sp³-hybridized carbons (Fsp3) is 0.938. The molecule has 0 unspecified atom stereocenters. The zero-order valence-electron chi connectivity index (χ0n) is 14.6. The number of carbonyl (C=O) groups excluding carboxylic acids is 1. The lowest BCUT2D eigenvalue weighted by molar-refractivity contribution is -0.156. The highest BCUT2D eigenvalue weighted by Gasteiger charge is 2.30. The van der Waals surface area contributed by atoms with Gasteiger partial charge in [-0.05, 0) is 6.42 Å². The van der Waals surface area contributed by atoms with Gasteiger partial charge in [0.25, 0.3) is 0 Å². The molecule has 0 amide bonds. The molecule has 0 heterocycles. The van der Waals surface area contributed by atoms with Crippen molar-refractivity contribution < 1.29 is 36.4 Å². The Morgan fingerprint density at radius 2 is 1.52 bits per heavy atom. The summed E-state index contributed by atoms with van der Waals surface area (Å²) in [7, 11) is 0. The normalized spacial score (nSPS) is 17.2. The molecule has 0 aliphatic heterocycles. The molecule has 0 spiro atoms. The zero-order valence-corrected chi connectivity index (χ0v) is 13.6. The smallest absolute Gasteiger partial charge is 0.305 e. The fourth-order valence-electron chi connectivity index (χ4n) is 2.07. The molecule has 4 atom stereocenters. The minimum absolute atomic E-state index is 0.220. The second-order valence-electron chi connectivity index (χ2n) is 5.71. The van der Waals surface area contributed by atoms with Gasteiger partial charge in [0.15, 0.2) is 0 Å².